The fourth-order valence-corrected chi connectivity index (χ4v) is 2.49. The molecule has 2 aromatic rings. The number of hydrogen-bond donors (Lipinski definition) is 4. The average molecular weight is 281 g/mol. The van der Waals surface area contributed by atoms with Gasteiger partial charge in [-0.1, -0.05) is 6.92 Å². The van der Waals surface area contributed by atoms with Gasteiger partial charge in [0.1, 0.15) is 12.3 Å². The number of nitrogens with one attached hydrogen (secondary N) is 1. The lowest BCUT2D eigenvalue weighted by molar-refractivity contribution is -0.0447. The normalized spacial score (nSPS) is 30.1. The number of imidazole rings is 1. The molecule has 0 saturated carbocycles. The minimum atomic E-state index is -0.804. The summed E-state index contributed by atoms with van der Waals surface area (Å²) in [6, 6.07) is 0. The highest BCUT2D eigenvalue weighted by atomic mass is 16.5. The first-order valence-corrected chi connectivity index (χ1v) is 6.19. The van der Waals surface area contributed by atoms with E-state index >= 15 is 0 Å². The monoisotopic (exact) mass is 281 g/mol. The molecule has 1 saturated heterocycles. The summed E-state index contributed by atoms with van der Waals surface area (Å²) in [5.74, 6) is -0.305. The van der Waals surface area contributed by atoms with Crippen LogP contribution >= 0.6 is 0 Å². The molecule has 108 valence electrons. The number of ether oxygens (including phenoxy) is 1. The van der Waals surface area contributed by atoms with Gasteiger partial charge in [0.05, 0.1) is 19.0 Å². The highest BCUT2D eigenvalue weighted by Crippen LogP contribution is 2.35. The van der Waals surface area contributed by atoms with Crippen LogP contribution in [-0.4, -0.2) is 48.5 Å². The molecule has 3 rings (SSSR count). The van der Waals surface area contributed by atoms with Gasteiger partial charge in [-0.05, 0) is 0 Å². The Morgan fingerprint density at radius 1 is 1.60 bits per heavy atom. The molecule has 0 aliphatic carbocycles. The third-order valence-corrected chi connectivity index (χ3v) is 3.59. The Morgan fingerprint density at radius 2 is 2.35 bits per heavy atom. The molecule has 9 nitrogen and oxygen atoms in total. The second-order valence-corrected chi connectivity index (χ2v) is 4.87. The van der Waals surface area contributed by atoms with Crippen molar-refractivity contribution in [3.8, 4) is 0 Å². The van der Waals surface area contributed by atoms with E-state index in [4.69, 9.17) is 10.5 Å². The van der Waals surface area contributed by atoms with Crippen molar-refractivity contribution in [2.24, 2.45) is 5.92 Å². The quantitative estimate of drug-likeness (QED) is 0.530. The van der Waals surface area contributed by atoms with Crippen molar-refractivity contribution in [2.75, 3.05) is 12.3 Å². The molecule has 2 unspecified atom stereocenters. The summed E-state index contributed by atoms with van der Waals surface area (Å²) in [5.41, 5.74) is 5.53. The van der Waals surface area contributed by atoms with Crippen LogP contribution in [-0.2, 0) is 4.74 Å². The highest BCUT2D eigenvalue weighted by molar-refractivity contribution is 5.70. The van der Waals surface area contributed by atoms with Gasteiger partial charge in [-0.2, -0.15) is 4.98 Å². The number of aliphatic hydroxyl groups is 2. The van der Waals surface area contributed by atoms with Crippen LogP contribution in [0.3, 0.4) is 0 Å². The molecule has 1 aliphatic rings. The van der Waals surface area contributed by atoms with Crippen molar-refractivity contribution in [1.82, 2.24) is 19.5 Å². The van der Waals surface area contributed by atoms with Gasteiger partial charge >= 0.3 is 0 Å². The number of nitrogen functional groups attached to an aromatic ring is 1. The third-order valence-electron chi connectivity index (χ3n) is 3.59. The molecular formula is C11H15N5O4. The van der Waals surface area contributed by atoms with Gasteiger partial charge < -0.3 is 20.7 Å². The van der Waals surface area contributed by atoms with E-state index in [0.29, 0.717) is 0 Å². The molecule has 0 radical (unpaired) electrons. The number of aromatic nitrogens is 4. The summed E-state index contributed by atoms with van der Waals surface area (Å²) in [5, 5.41) is 19.1. The van der Waals surface area contributed by atoms with Crippen LogP contribution in [0, 0.1) is 5.92 Å². The van der Waals surface area contributed by atoms with Crippen molar-refractivity contribution in [1.29, 1.82) is 0 Å². The summed E-state index contributed by atoms with van der Waals surface area (Å²) < 4.78 is 7.14. The maximum Gasteiger partial charge on any atom is 0.280 e. The summed E-state index contributed by atoms with van der Waals surface area (Å²) in [6.07, 6.45) is -0.630. The van der Waals surface area contributed by atoms with Crippen LogP contribution in [0.15, 0.2) is 11.1 Å². The first kappa shape index (κ1) is 13.0. The van der Waals surface area contributed by atoms with Crippen molar-refractivity contribution in [3.05, 3.63) is 16.7 Å². The van der Waals surface area contributed by atoms with Crippen LogP contribution < -0.4 is 11.3 Å². The zero-order valence-electron chi connectivity index (χ0n) is 10.7. The number of fused-ring (bicyclic) bond motifs is 1. The summed E-state index contributed by atoms with van der Waals surface area (Å²) in [7, 11) is 0. The Balaban J connectivity index is 2.09. The number of H-pyrrole nitrogens is 1. The second kappa shape index (κ2) is 4.54. The lowest BCUT2D eigenvalue weighted by atomic mass is 10.0. The molecule has 3 heterocycles. The van der Waals surface area contributed by atoms with Gasteiger partial charge in [0.15, 0.2) is 11.2 Å². The van der Waals surface area contributed by atoms with Gasteiger partial charge in [-0.3, -0.25) is 14.3 Å². The molecule has 5 N–H and O–H groups in total. The van der Waals surface area contributed by atoms with Crippen molar-refractivity contribution in [3.63, 3.8) is 0 Å². The molecule has 4 atom stereocenters. The maximum atomic E-state index is 11.7. The first-order chi connectivity index (χ1) is 9.52. The molecule has 0 spiro atoms. The fourth-order valence-electron chi connectivity index (χ4n) is 2.49. The number of hydrogen-bond acceptors (Lipinski definition) is 7. The molecule has 0 aromatic carbocycles. The number of anilines is 1. The SMILES string of the molecule is CC1C(O)[C@@H](CO)O[C@H]1n1cnc2c(=O)[nH]c(N)nc21. The topological polar surface area (TPSA) is 139 Å². The molecule has 20 heavy (non-hydrogen) atoms. The Kier molecular flexibility index (Phi) is 2.96. The Bertz CT molecular complexity index is 696. The Hall–Kier alpha value is -1.97. The van der Waals surface area contributed by atoms with Gasteiger partial charge in [0, 0.05) is 5.92 Å². The van der Waals surface area contributed by atoms with E-state index in [1.807, 2.05) is 0 Å². The zero-order chi connectivity index (χ0) is 14.4. The number of aliphatic hydroxyl groups excluding tert-OH is 2. The van der Waals surface area contributed by atoms with Crippen LogP contribution in [0.4, 0.5) is 5.95 Å². The van der Waals surface area contributed by atoms with E-state index in [1.54, 1.807) is 11.5 Å². The first-order valence-electron chi connectivity index (χ1n) is 6.19. The van der Waals surface area contributed by atoms with Crippen LogP contribution in [0.25, 0.3) is 11.2 Å². The van der Waals surface area contributed by atoms with Crippen LogP contribution in [0.2, 0.25) is 0 Å². The molecular weight excluding hydrogens is 266 g/mol. The fraction of sp³-hybridized carbons (Fsp3) is 0.545. The minimum Gasteiger partial charge on any atom is -0.394 e. The number of rotatable bonds is 2. The van der Waals surface area contributed by atoms with Crippen molar-refractivity contribution in [2.45, 2.75) is 25.4 Å². The van der Waals surface area contributed by atoms with Gasteiger partial charge in [-0.25, -0.2) is 4.98 Å². The van der Waals surface area contributed by atoms with E-state index in [-0.39, 0.29) is 29.6 Å². The summed E-state index contributed by atoms with van der Waals surface area (Å²) in [6.45, 7) is 1.50. The lowest BCUT2D eigenvalue weighted by Crippen LogP contribution is -2.28. The van der Waals surface area contributed by atoms with Crippen LogP contribution in [0.1, 0.15) is 13.2 Å². The predicted octanol–water partition coefficient (Wildman–Crippen LogP) is -1.41. The molecule has 1 fully saturated rings. The van der Waals surface area contributed by atoms with Crippen molar-refractivity contribution < 1.29 is 14.9 Å². The Labute approximate surface area is 113 Å². The van der Waals surface area contributed by atoms with E-state index in [0.717, 1.165) is 0 Å². The molecule has 0 bridgehead atoms. The molecule has 1 aliphatic heterocycles. The van der Waals surface area contributed by atoms with Gasteiger partial charge in [0.2, 0.25) is 5.95 Å². The van der Waals surface area contributed by atoms with Gasteiger partial charge in [-0.15, -0.1) is 0 Å². The number of nitrogens with two attached hydrogens (primary N) is 1. The lowest BCUT2D eigenvalue weighted by Gasteiger charge is -2.17. The maximum absolute atomic E-state index is 11.7. The second-order valence-electron chi connectivity index (χ2n) is 4.87. The van der Waals surface area contributed by atoms with E-state index < -0.39 is 24.0 Å². The molecule has 0 amide bonds. The van der Waals surface area contributed by atoms with Crippen LogP contribution in [0.5, 0.6) is 0 Å². The highest BCUT2D eigenvalue weighted by Gasteiger charge is 2.42. The van der Waals surface area contributed by atoms with E-state index in [1.165, 1.54) is 6.33 Å². The van der Waals surface area contributed by atoms with Gasteiger partial charge in [0.25, 0.3) is 5.56 Å². The molecule has 9 heteroatoms. The molecule has 2 aromatic heterocycles. The summed E-state index contributed by atoms with van der Waals surface area (Å²) in [4.78, 5) is 22.1. The van der Waals surface area contributed by atoms with Crippen molar-refractivity contribution >= 4 is 17.1 Å². The predicted molar refractivity (Wildman–Crippen MR) is 68.7 cm³/mol. The number of aromatic amines is 1. The average Bonchev–Trinajstić information content (AvgIpc) is 2.93. The smallest absolute Gasteiger partial charge is 0.280 e. The zero-order valence-corrected chi connectivity index (χ0v) is 10.7. The number of nitrogens with zero attached hydrogens (tertiary/aromatic N) is 3. The minimum absolute atomic E-state index is 0.0193. The van der Waals surface area contributed by atoms with E-state index in [2.05, 4.69) is 15.0 Å². The third kappa shape index (κ3) is 1.79. The largest absolute Gasteiger partial charge is 0.394 e. The summed E-state index contributed by atoms with van der Waals surface area (Å²) >= 11 is 0. The van der Waals surface area contributed by atoms with E-state index in [9.17, 15) is 15.0 Å². The Morgan fingerprint density at radius 3 is 3.00 bits per heavy atom. The standard InChI is InChI=1S/C11H15N5O4/c1-4-7(18)5(2-17)20-10(4)16-3-13-6-8(16)14-11(12)15-9(6)19/h3-5,7,10,17-18H,2H2,1H3,(H3,12,14,15,19)/t4?,5-,7?,10-/m1/s1.